The number of thiophene rings is 1. The van der Waals surface area contributed by atoms with E-state index in [1.807, 2.05) is 17.9 Å². The number of carbonyl (C=O) groups is 1. The third-order valence-corrected chi connectivity index (χ3v) is 7.11. The number of nitrogens with zero attached hydrogens (tertiary/aromatic N) is 3. The van der Waals surface area contributed by atoms with Crippen molar-refractivity contribution in [2.75, 3.05) is 13.1 Å². The first-order chi connectivity index (χ1) is 13.1. The Bertz CT molecular complexity index is 952. The van der Waals surface area contributed by atoms with Crippen LogP contribution in [0, 0.1) is 5.82 Å². The van der Waals surface area contributed by atoms with Gasteiger partial charge in [0.2, 0.25) is 5.91 Å². The molecule has 1 unspecified atom stereocenters. The number of hydrogen-bond acceptors (Lipinski definition) is 5. The molecule has 1 atom stereocenters. The Morgan fingerprint density at radius 1 is 1.19 bits per heavy atom. The monoisotopic (exact) mass is 401 g/mol. The molecular formula is C20H20FN3OS2. The predicted molar refractivity (Wildman–Crippen MR) is 109 cm³/mol. The molecule has 0 spiro atoms. The molecule has 27 heavy (non-hydrogen) atoms. The molecule has 0 aliphatic carbocycles. The van der Waals surface area contributed by atoms with Gasteiger partial charge in [0.25, 0.3) is 0 Å². The van der Waals surface area contributed by atoms with E-state index in [2.05, 4.69) is 9.97 Å². The minimum Gasteiger partial charge on any atom is -0.342 e. The highest BCUT2D eigenvalue weighted by Crippen LogP contribution is 2.38. The number of aromatic nitrogens is 2. The lowest BCUT2D eigenvalue weighted by Gasteiger charge is -2.28. The van der Waals surface area contributed by atoms with Gasteiger partial charge in [0.15, 0.2) is 0 Å². The van der Waals surface area contributed by atoms with Crippen molar-refractivity contribution in [3.8, 4) is 10.4 Å². The maximum atomic E-state index is 13.2. The number of amides is 1. The van der Waals surface area contributed by atoms with Crippen LogP contribution in [-0.2, 0) is 4.79 Å². The fourth-order valence-electron chi connectivity index (χ4n) is 3.26. The highest BCUT2D eigenvalue weighted by Gasteiger charge is 2.24. The second-order valence-electron chi connectivity index (χ2n) is 6.66. The molecule has 3 aromatic rings. The molecule has 0 radical (unpaired) electrons. The van der Waals surface area contributed by atoms with Crippen molar-refractivity contribution in [2.24, 2.45) is 0 Å². The lowest BCUT2D eigenvalue weighted by Crippen LogP contribution is -2.40. The van der Waals surface area contributed by atoms with Gasteiger partial charge in [-0.1, -0.05) is 23.9 Å². The van der Waals surface area contributed by atoms with E-state index < -0.39 is 0 Å². The average molecular weight is 402 g/mol. The van der Waals surface area contributed by atoms with Gasteiger partial charge in [-0.3, -0.25) is 4.79 Å². The Morgan fingerprint density at radius 3 is 2.67 bits per heavy atom. The smallest absolute Gasteiger partial charge is 0.235 e. The first kappa shape index (κ1) is 18.4. The molecule has 0 N–H and O–H groups in total. The van der Waals surface area contributed by atoms with Crippen LogP contribution in [0.3, 0.4) is 0 Å². The van der Waals surface area contributed by atoms with Crippen molar-refractivity contribution >= 4 is 39.2 Å². The van der Waals surface area contributed by atoms with Crippen molar-refractivity contribution in [2.45, 2.75) is 36.5 Å². The standard InChI is InChI=1S/C20H20FN3OS2/c1-13(20(25)24-9-3-2-4-10-24)26-19-18-16(22-12-23-19)11-17(27-18)14-5-7-15(21)8-6-14/h5-8,11-13H,2-4,9-10H2,1H3. The van der Waals surface area contributed by atoms with Crippen molar-refractivity contribution in [3.05, 3.63) is 42.5 Å². The van der Waals surface area contributed by atoms with Gasteiger partial charge in [0.1, 0.15) is 17.2 Å². The molecule has 7 heteroatoms. The van der Waals surface area contributed by atoms with E-state index in [1.54, 1.807) is 29.8 Å². The van der Waals surface area contributed by atoms with E-state index in [-0.39, 0.29) is 17.0 Å². The SMILES string of the molecule is CC(Sc1ncnc2cc(-c3ccc(F)cc3)sc12)C(=O)N1CCCCC1. The van der Waals surface area contributed by atoms with Gasteiger partial charge in [0, 0.05) is 18.0 Å². The van der Waals surface area contributed by atoms with Gasteiger partial charge in [-0.25, -0.2) is 14.4 Å². The number of fused-ring (bicyclic) bond motifs is 1. The number of halogens is 1. The Labute approximate surface area is 165 Å². The maximum Gasteiger partial charge on any atom is 0.235 e. The quantitative estimate of drug-likeness (QED) is 0.456. The zero-order valence-corrected chi connectivity index (χ0v) is 16.7. The normalized spacial score (nSPS) is 15.9. The van der Waals surface area contributed by atoms with E-state index in [1.165, 1.54) is 30.3 Å². The number of rotatable bonds is 4. The van der Waals surface area contributed by atoms with Crippen LogP contribution in [0.2, 0.25) is 0 Å². The fraction of sp³-hybridized carbons (Fsp3) is 0.350. The van der Waals surface area contributed by atoms with Crippen molar-refractivity contribution < 1.29 is 9.18 Å². The van der Waals surface area contributed by atoms with Crippen molar-refractivity contribution in [1.82, 2.24) is 14.9 Å². The molecule has 2 aromatic heterocycles. The van der Waals surface area contributed by atoms with Crippen LogP contribution in [0.15, 0.2) is 41.7 Å². The molecule has 1 saturated heterocycles. The van der Waals surface area contributed by atoms with Crippen LogP contribution in [0.25, 0.3) is 20.7 Å². The largest absolute Gasteiger partial charge is 0.342 e. The van der Waals surface area contributed by atoms with E-state index in [4.69, 9.17) is 0 Å². The molecule has 1 aliphatic heterocycles. The lowest BCUT2D eigenvalue weighted by atomic mass is 10.1. The van der Waals surface area contributed by atoms with Gasteiger partial charge in [0.05, 0.1) is 15.5 Å². The van der Waals surface area contributed by atoms with Crippen LogP contribution in [0.5, 0.6) is 0 Å². The molecule has 0 bridgehead atoms. The van der Waals surface area contributed by atoms with Crippen LogP contribution in [-0.4, -0.2) is 39.1 Å². The first-order valence-electron chi connectivity index (χ1n) is 9.08. The molecule has 3 heterocycles. The fourth-order valence-corrected chi connectivity index (χ4v) is 5.44. The van der Waals surface area contributed by atoms with Crippen LogP contribution in [0.1, 0.15) is 26.2 Å². The van der Waals surface area contributed by atoms with Crippen LogP contribution in [0.4, 0.5) is 4.39 Å². The topological polar surface area (TPSA) is 46.1 Å². The molecule has 0 saturated carbocycles. The van der Waals surface area contributed by atoms with Gasteiger partial charge in [-0.05, 0) is 49.9 Å². The number of benzene rings is 1. The van der Waals surface area contributed by atoms with E-state index in [0.29, 0.717) is 0 Å². The number of carbonyl (C=O) groups excluding carboxylic acids is 1. The summed E-state index contributed by atoms with van der Waals surface area (Å²) < 4.78 is 14.2. The molecule has 4 rings (SSSR count). The first-order valence-corrected chi connectivity index (χ1v) is 10.8. The third kappa shape index (κ3) is 3.99. The number of hydrogen-bond donors (Lipinski definition) is 0. The predicted octanol–water partition coefficient (Wildman–Crippen LogP) is 4.99. The third-order valence-electron chi connectivity index (χ3n) is 4.71. The average Bonchev–Trinajstić information content (AvgIpc) is 3.14. The number of likely N-dealkylation sites (tertiary alicyclic amines) is 1. The van der Waals surface area contributed by atoms with Gasteiger partial charge >= 0.3 is 0 Å². The lowest BCUT2D eigenvalue weighted by molar-refractivity contribution is -0.131. The summed E-state index contributed by atoms with van der Waals surface area (Å²) >= 11 is 3.07. The van der Waals surface area contributed by atoms with Crippen molar-refractivity contribution in [1.29, 1.82) is 0 Å². The van der Waals surface area contributed by atoms with Gasteiger partial charge < -0.3 is 4.90 Å². The highest BCUT2D eigenvalue weighted by molar-refractivity contribution is 8.00. The minimum absolute atomic E-state index is 0.182. The molecule has 1 amide bonds. The summed E-state index contributed by atoms with van der Waals surface area (Å²) in [6, 6.07) is 8.45. The Morgan fingerprint density at radius 2 is 1.93 bits per heavy atom. The number of piperidine rings is 1. The molecular weight excluding hydrogens is 381 g/mol. The van der Waals surface area contributed by atoms with Crippen LogP contribution < -0.4 is 0 Å². The van der Waals surface area contributed by atoms with Crippen LogP contribution >= 0.6 is 23.1 Å². The molecule has 140 valence electrons. The Kier molecular flexibility index (Phi) is 5.41. The minimum atomic E-state index is -0.249. The summed E-state index contributed by atoms with van der Waals surface area (Å²) in [7, 11) is 0. The van der Waals surface area contributed by atoms with Gasteiger partial charge in [-0.15, -0.1) is 11.3 Å². The second kappa shape index (κ2) is 7.94. The zero-order valence-electron chi connectivity index (χ0n) is 15.0. The summed E-state index contributed by atoms with van der Waals surface area (Å²) in [5.74, 6) is -0.0669. The van der Waals surface area contributed by atoms with E-state index in [9.17, 15) is 9.18 Å². The summed E-state index contributed by atoms with van der Waals surface area (Å²) in [4.78, 5) is 24.5. The Balaban J connectivity index is 1.58. The number of thioether (sulfide) groups is 1. The maximum absolute atomic E-state index is 13.2. The summed E-state index contributed by atoms with van der Waals surface area (Å²) in [6.07, 6.45) is 4.93. The second-order valence-corrected chi connectivity index (χ2v) is 9.04. The Hall–Kier alpha value is -1.99. The summed E-state index contributed by atoms with van der Waals surface area (Å²) in [5.41, 5.74) is 1.81. The van der Waals surface area contributed by atoms with Crippen molar-refractivity contribution in [3.63, 3.8) is 0 Å². The molecule has 4 nitrogen and oxygen atoms in total. The van der Waals surface area contributed by atoms with Gasteiger partial charge in [-0.2, -0.15) is 0 Å². The van der Waals surface area contributed by atoms with E-state index in [0.717, 1.165) is 51.6 Å². The summed E-state index contributed by atoms with van der Waals surface area (Å²) in [5, 5.41) is 0.647. The molecule has 1 aliphatic rings. The molecule has 1 fully saturated rings. The molecule has 1 aromatic carbocycles. The van der Waals surface area contributed by atoms with E-state index >= 15 is 0 Å². The summed E-state index contributed by atoms with van der Waals surface area (Å²) in [6.45, 7) is 3.66. The zero-order chi connectivity index (χ0) is 18.8. The highest BCUT2D eigenvalue weighted by atomic mass is 32.2.